The van der Waals surface area contributed by atoms with Crippen LogP contribution in [0.5, 0.6) is 0 Å². The molecule has 0 spiro atoms. The lowest BCUT2D eigenvalue weighted by atomic mass is 9.72. The third-order valence-corrected chi connectivity index (χ3v) is 4.03. The van der Waals surface area contributed by atoms with Crippen LogP contribution in [0, 0.1) is 5.92 Å². The zero-order valence-electron chi connectivity index (χ0n) is 11.0. The smallest absolute Gasteiger partial charge is 0.323 e. The Bertz CT molecular complexity index is 639. The van der Waals surface area contributed by atoms with Gasteiger partial charge in [-0.1, -0.05) is 13.0 Å². The molecule has 2 heterocycles. The molecule has 3 rings (SSSR count). The number of ether oxygens (including phenoxy) is 1. The van der Waals surface area contributed by atoms with E-state index in [0.29, 0.717) is 12.5 Å². The lowest BCUT2D eigenvalue weighted by molar-refractivity contribution is -0.0701. The van der Waals surface area contributed by atoms with Crippen molar-refractivity contribution in [1.29, 1.82) is 0 Å². The van der Waals surface area contributed by atoms with Gasteiger partial charge in [0, 0.05) is 5.41 Å². The fourth-order valence-electron chi connectivity index (χ4n) is 2.86. The number of nitrogens with two attached hydrogens (primary N) is 1. The molecular formula is C14H19N3O2. The predicted octanol–water partition coefficient (Wildman–Crippen LogP) is 1.11. The van der Waals surface area contributed by atoms with Gasteiger partial charge in [0.2, 0.25) is 0 Å². The van der Waals surface area contributed by atoms with Crippen LogP contribution in [0.3, 0.4) is 0 Å². The van der Waals surface area contributed by atoms with E-state index in [1.807, 2.05) is 6.07 Å². The quantitative estimate of drug-likeness (QED) is 0.771. The van der Waals surface area contributed by atoms with Crippen LogP contribution in [-0.4, -0.2) is 29.7 Å². The Labute approximate surface area is 111 Å². The molecule has 0 aliphatic carbocycles. The number of nitrogens with one attached hydrogen (secondary N) is 2. The van der Waals surface area contributed by atoms with Gasteiger partial charge in [-0.3, -0.25) is 0 Å². The third kappa shape index (κ3) is 2.09. The minimum Gasteiger partial charge on any atom is -0.379 e. The number of aromatic nitrogens is 2. The summed E-state index contributed by atoms with van der Waals surface area (Å²) in [5, 5.41) is 0. The van der Waals surface area contributed by atoms with Crippen molar-refractivity contribution in [2.24, 2.45) is 11.7 Å². The molecule has 5 nitrogen and oxygen atoms in total. The summed E-state index contributed by atoms with van der Waals surface area (Å²) in [4.78, 5) is 16.9. The first-order valence-corrected chi connectivity index (χ1v) is 6.63. The fraction of sp³-hybridized carbons (Fsp3) is 0.500. The van der Waals surface area contributed by atoms with E-state index in [4.69, 9.17) is 10.5 Å². The zero-order valence-corrected chi connectivity index (χ0v) is 11.0. The van der Waals surface area contributed by atoms with Crippen LogP contribution in [0.1, 0.15) is 18.9 Å². The van der Waals surface area contributed by atoms with Gasteiger partial charge in [-0.25, -0.2) is 4.79 Å². The van der Waals surface area contributed by atoms with Gasteiger partial charge in [-0.15, -0.1) is 0 Å². The molecule has 1 saturated heterocycles. The Hall–Kier alpha value is -1.59. The second-order valence-corrected chi connectivity index (χ2v) is 5.66. The molecule has 2 aromatic rings. The summed E-state index contributed by atoms with van der Waals surface area (Å²) in [6.07, 6.45) is 1.02. The zero-order chi connectivity index (χ0) is 13.5. The van der Waals surface area contributed by atoms with Crippen LogP contribution in [0.4, 0.5) is 0 Å². The predicted molar refractivity (Wildman–Crippen MR) is 74.3 cm³/mol. The summed E-state index contributed by atoms with van der Waals surface area (Å²) in [5.41, 5.74) is 8.55. The second kappa shape index (κ2) is 4.51. The highest BCUT2D eigenvalue weighted by Gasteiger charge is 2.41. The lowest BCUT2D eigenvalue weighted by Gasteiger charge is -2.43. The monoisotopic (exact) mass is 261 g/mol. The molecule has 1 atom stereocenters. The molecule has 4 N–H and O–H groups in total. The Morgan fingerprint density at radius 2 is 2.11 bits per heavy atom. The van der Waals surface area contributed by atoms with Crippen molar-refractivity contribution in [2.75, 3.05) is 19.8 Å². The molecule has 1 aromatic carbocycles. The van der Waals surface area contributed by atoms with Crippen LogP contribution in [0.2, 0.25) is 0 Å². The highest BCUT2D eigenvalue weighted by Crippen LogP contribution is 2.38. The van der Waals surface area contributed by atoms with Gasteiger partial charge >= 0.3 is 5.69 Å². The summed E-state index contributed by atoms with van der Waals surface area (Å²) >= 11 is 0. The number of hydrogen-bond donors (Lipinski definition) is 3. The van der Waals surface area contributed by atoms with Crippen molar-refractivity contribution in [2.45, 2.75) is 18.8 Å². The lowest BCUT2D eigenvalue weighted by Crippen LogP contribution is -2.48. The molecule has 1 aliphatic rings. The van der Waals surface area contributed by atoms with Gasteiger partial charge in [-0.05, 0) is 36.6 Å². The highest BCUT2D eigenvalue weighted by molar-refractivity contribution is 5.75. The van der Waals surface area contributed by atoms with E-state index in [9.17, 15) is 4.79 Å². The molecule has 5 heteroatoms. The molecule has 0 radical (unpaired) electrons. The average Bonchev–Trinajstić information content (AvgIpc) is 2.72. The Morgan fingerprint density at radius 3 is 2.74 bits per heavy atom. The van der Waals surface area contributed by atoms with Gasteiger partial charge in [0.1, 0.15) is 0 Å². The summed E-state index contributed by atoms with van der Waals surface area (Å²) in [6.45, 7) is 4.32. The van der Waals surface area contributed by atoms with E-state index in [0.717, 1.165) is 30.7 Å². The number of aromatic amines is 2. The fourth-order valence-corrected chi connectivity index (χ4v) is 2.86. The number of benzene rings is 1. The number of rotatable bonds is 4. The summed E-state index contributed by atoms with van der Waals surface area (Å²) < 4.78 is 5.43. The molecule has 1 fully saturated rings. The molecule has 1 unspecified atom stereocenters. The van der Waals surface area contributed by atoms with E-state index in [1.165, 1.54) is 5.56 Å². The molecule has 102 valence electrons. The summed E-state index contributed by atoms with van der Waals surface area (Å²) in [5.74, 6) is 0.463. The maximum Gasteiger partial charge on any atom is 0.323 e. The van der Waals surface area contributed by atoms with Crippen molar-refractivity contribution < 1.29 is 4.74 Å². The molecular weight excluding hydrogens is 242 g/mol. The number of H-pyrrole nitrogens is 2. The van der Waals surface area contributed by atoms with Crippen molar-refractivity contribution >= 4 is 11.0 Å². The van der Waals surface area contributed by atoms with Gasteiger partial charge in [0.05, 0.1) is 24.2 Å². The number of imidazole rings is 1. The Kier molecular flexibility index (Phi) is 2.95. The summed E-state index contributed by atoms with van der Waals surface area (Å²) in [6, 6.07) is 6.09. The maximum atomic E-state index is 11.3. The van der Waals surface area contributed by atoms with Gasteiger partial charge in [-0.2, -0.15) is 0 Å². The second-order valence-electron chi connectivity index (χ2n) is 5.66. The third-order valence-electron chi connectivity index (χ3n) is 4.03. The van der Waals surface area contributed by atoms with E-state index in [1.54, 1.807) is 0 Å². The van der Waals surface area contributed by atoms with Gasteiger partial charge in [0.15, 0.2) is 0 Å². The van der Waals surface area contributed by atoms with Crippen molar-refractivity contribution in [3.05, 3.63) is 34.2 Å². The van der Waals surface area contributed by atoms with E-state index >= 15 is 0 Å². The average molecular weight is 261 g/mol. The molecule has 0 saturated carbocycles. The van der Waals surface area contributed by atoms with Crippen molar-refractivity contribution in [1.82, 2.24) is 9.97 Å². The first kappa shape index (κ1) is 12.4. The van der Waals surface area contributed by atoms with Crippen LogP contribution in [0.25, 0.3) is 11.0 Å². The van der Waals surface area contributed by atoms with Gasteiger partial charge < -0.3 is 20.4 Å². The maximum absolute atomic E-state index is 11.3. The molecule has 1 aliphatic heterocycles. The van der Waals surface area contributed by atoms with Crippen molar-refractivity contribution in [3.63, 3.8) is 0 Å². The van der Waals surface area contributed by atoms with Crippen LogP contribution >= 0.6 is 0 Å². The molecule has 19 heavy (non-hydrogen) atoms. The highest BCUT2D eigenvalue weighted by atomic mass is 16.5. The van der Waals surface area contributed by atoms with E-state index < -0.39 is 0 Å². The van der Waals surface area contributed by atoms with Gasteiger partial charge in [0.25, 0.3) is 0 Å². The van der Waals surface area contributed by atoms with Crippen LogP contribution < -0.4 is 11.4 Å². The standard InChI is InChI=1S/C14H19N3O2/c1-9(6-15)5-14(7-19-8-14)10-2-3-11-12(4-10)17-13(18)16-11/h2-4,9H,5-8,15H2,1H3,(H2,16,17,18). The first-order valence-electron chi connectivity index (χ1n) is 6.63. The topological polar surface area (TPSA) is 83.9 Å². The normalized spacial score (nSPS) is 19.3. The molecule has 0 amide bonds. The van der Waals surface area contributed by atoms with Crippen LogP contribution in [0.15, 0.2) is 23.0 Å². The molecule has 0 bridgehead atoms. The largest absolute Gasteiger partial charge is 0.379 e. The van der Waals surface area contributed by atoms with Crippen molar-refractivity contribution in [3.8, 4) is 0 Å². The Balaban J connectivity index is 1.98. The van der Waals surface area contributed by atoms with E-state index in [2.05, 4.69) is 29.0 Å². The SMILES string of the molecule is CC(CN)CC1(c2ccc3[nH]c(=O)[nH]c3c2)COC1. The summed E-state index contributed by atoms with van der Waals surface area (Å²) in [7, 11) is 0. The van der Waals surface area contributed by atoms with E-state index in [-0.39, 0.29) is 11.1 Å². The first-order chi connectivity index (χ1) is 9.13. The number of hydrogen-bond acceptors (Lipinski definition) is 3. The minimum absolute atomic E-state index is 0.0567. The molecule has 1 aromatic heterocycles. The minimum atomic E-state index is -0.165. The Morgan fingerprint density at radius 1 is 1.37 bits per heavy atom. The van der Waals surface area contributed by atoms with Crippen LogP contribution in [-0.2, 0) is 10.2 Å². The number of fused-ring (bicyclic) bond motifs is 1.